The number of rotatable bonds is 14. The molecular formula is C22H33BrO2. The topological polar surface area (TPSA) is 29.5 Å². The Morgan fingerprint density at radius 1 is 0.840 bits per heavy atom. The highest BCUT2D eigenvalue weighted by atomic mass is 79.9. The fraction of sp³-hybridized carbons (Fsp3) is 0.636. The van der Waals surface area contributed by atoms with Crippen molar-refractivity contribution in [2.24, 2.45) is 0 Å². The Balaban J connectivity index is 1.88. The Morgan fingerprint density at radius 2 is 1.40 bits per heavy atom. The highest BCUT2D eigenvalue weighted by molar-refractivity contribution is 9.09. The van der Waals surface area contributed by atoms with E-state index >= 15 is 0 Å². The second kappa shape index (κ2) is 16.5. The molecule has 0 aliphatic heterocycles. The molecule has 1 rings (SSSR count). The summed E-state index contributed by atoms with van der Waals surface area (Å²) >= 11 is 3.47. The Kier molecular flexibility index (Phi) is 14.5. The number of halogens is 1. The van der Waals surface area contributed by atoms with Crippen molar-refractivity contribution in [3.05, 3.63) is 30.3 Å². The van der Waals surface area contributed by atoms with E-state index in [1.807, 2.05) is 30.3 Å². The van der Waals surface area contributed by atoms with Crippen molar-refractivity contribution >= 4 is 15.9 Å². The highest BCUT2D eigenvalue weighted by Gasteiger charge is 2.00. The van der Waals surface area contributed by atoms with Crippen LogP contribution in [0.25, 0.3) is 0 Å². The molecule has 1 N–H and O–H groups in total. The van der Waals surface area contributed by atoms with E-state index < -0.39 is 6.10 Å². The summed E-state index contributed by atoms with van der Waals surface area (Å²) < 4.78 is 5.48. The van der Waals surface area contributed by atoms with E-state index in [-0.39, 0.29) is 6.61 Å². The maximum atomic E-state index is 9.79. The van der Waals surface area contributed by atoms with Crippen molar-refractivity contribution in [3.8, 4) is 17.6 Å². The van der Waals surface area contributed by atoms with Crippen LogP contribution in [0.2, 0.25) is 0 Å². The second-order valence-electron chi connectivity index (χ2n) is 6.44. The van der Waals surface area contributed by atoms with E-state index in [0.717, 1.165) is 23.9 Å². The number of aliphatic hydroxyl groups excluding tert-OH is 1. The molecule has 1 atom stereocenters. The number of unbranched alkanes of at least 4 members (excludes halogenated alkanes) is 10. The molecule has 2 nitrogen and oxygen atoms in total. The van der Waals surface area contributed by atoms with Crippen molar-refractivity contribution in [2.45, 2.75) is 76.7 Å². The fourth-order valence-corrected chi connectivity index (χ4v) is 3.04. The van der Waals surface area contributed by atoms with Gasteiger partial charge in [0.05, 0.1) is 0 Å². The van der Waals surface area contributed by atoms with Gasteiger partial charge in [-0.15, -0.1) is 5.92 Å². The molecule has 0 aliphatic rings. The number of benzene rings is 1. The Morgan fingerprint density at radius 3 is 2.00 bits per heavy atom. The summed E-state index contributed by atoms with van der Waals surface area (Å²) in [6.45, 7) is 0.229. The first-order valence-electron chi connectivity index (χ1n) is 9.73. The quantitative estimate of drug-likeness (QED) is 0.228. The first-order valence-corrected chi connectivity index (χ1v) is 10.9. The van der Waals surface area contributed by atoms with Crippen LogP contribution in [0.5, 0.6) is 5.75 Å². The van der Waals surface area contributed by atoms with Crippen molar-refractivity contribution < 1.29 is 9.84 Å². The standard InChI is InChI=1S/C22H33BrO2/c23-19-15-10-8-6-4-2-1-3-5-7-9-12-16-21(24)20-25-22-17-13-11-14-18-22/h11,13-14,17-18,21,24H,1-10,15,19-20H2/t21-/m1/s1. The van der Waals surface area contributed by atoms with E-state index in [1.54, 1.807) is 0 Å². The molecule has 0 aromatic heterocycles. The molecule has 140 valence electrons. The van der Waals surface area contributed by atoms with Gasteiger partial charge in [-0.3, -0.25) is 0 Å². The number of alkyl halides is 1. The van der Waals surface area contributed by atoms with Gasteiger partial charge in [0.1, 0.15) is 18.5 Å². The van der Waals surface area contributed by atoms with Crippen molar-refractivity contribution in [1.29, 1.82) is 0 Å². The van der Waals surface area contributed by atoms with Gasteiger partial charge in [0.25, 0.3) is 0 Å². The SMILES string of the molecule is O[C@H](C#CCCCCCCCCCCCCBr)COc1ccccc1. The van der Waals surface area contributed by atoms with Gasteiger partial charge in [0, 0.05) is 11.8 Å². The molecule has 0 amide bonds. The lowest BCUT2D eigenvalue weighted by atomic mass is 10.1. The van der Waals surface area contributed by atoms with Crippen LogP contribution in [-0.4, -0.2) is 23.1 Å². The molecule has 0 aliphatic carbocycles. The Labute approximate surface area is 162 Å². The van der Waals surface area contributed by atoms with Gasteiger partial charge in [-0.25, -0.2) is 0 Å². The van der Waals surface area contributed by atoms with E-state index in [4.69, 9.17) is 4.74 Å². The molecule has 1 aromatic carbocycles. The van der Waals surface area contributed by atoms with Crippen molar-refractivity contribution in [1.82, 2.24) is 0 Å². The second-order valence-corrected chi connectivity index (χ2v) is 7.23. The van der Waals surface area contributed by atoms with Crippen LogP contribution in [0.1, 0.15) is 70.6 Å². The lowest BCUT2D eigenvalue weighted by Gasteiger charge is -2.06. The van der Waals surface area contributed by atoms with E-state index in [2.05, 4.69) is 27.8 Å². The largest absolute Gasteiger partial charge is 0.490 e. The minimum Gasteiger partial charge on any atom is -0.490 e. The van der Waals surface area contributed by atoms with Gasteiger partial charge in [0.2, 0.25) is 0 Å². The molecule has 0 spiro atoms. The summed E-state index contributed by atoms with van der Waals surface area (Å²) in [5.74, 6) is 6.70. The molecule has 0 unspecified atom stereocenters. The Bertz CT molecular complexity index is 464. The van der Waals surface area contributed by atoms with Crippen LogP contribution in [0.4, 0.5) is 0 Å². The molecule has 0 fully saturated rings. The summed E-state index contributed by atoms with van der Waals surface area (Å²) in [6.07, 6.45) is 13.4. The average Bonchev–Trinajstić information content (AvgIpc) is 2.64. The fourth-order valence-electron chi connectivity index (χ4n) is 2.65. The number of aliphatic hydroxyl groups is 1. The summed E-state index contributed by atoms with van der Waals surface area (Å²) in [5, 5.41) is 10.9. The van der Waals surface area contributed by atoms with Crippen LogP contribution in [0.15, 0.2) is 30.3 Å². The average molecular weight is 409 g/mol. The zero-order chi connectivity index (χ0) is 18.0. The molecule has 0 heterocycles. The molecule has 0 saturated carbocycles. The lowest BCUT2D eigenvalue weighted by molar-refractivity contribution is 0.151. The van der Waals surface area contributed by atoms with Crippen LogP contribution in [-0.2, 0) is 0 Å². The van der Waals surface area contributed by atoms with Crippen LogP contribution < -0.4 is 4.74 Å². The van der Waals surface area contributed by atoms with Gasteiger partial charge < -0.3 is 9.84 Å². The third kappa shape index (κ3) is 13.9. The number of para-hydroxylation sites is 1. The molecule has 0 bridgehead atoms. The van der Waals surface area contributed by atoms with Crippen LogP contribution >= 0.6 is 15.9 Å². The first kappa shape index (κ1) is 22.1. The van der Waals surface area contributed by atoms with E-state index in [0.29, 0.717) is 0 Å². The highest BCUT2D eigenvalue weighted by Crippen LogP contribution is 2.11. The number of ether oxygens (including phenoxy) is 1. The number of hydrogen-bond acceptors (Lipinski definition) is 2. The third-order valence-electron chi connectivity index (χ3n) is 4.11. The van der Waals surface area contributed by atoms with Gasteiger partial charge in [0.15, 0.2) is 0 Å². The predicted molar refractivity (Wildman–Crippen MR) is 110 cm³/mol. The monoisotopic (exact) mass is 408 g/mol. The first-order chi connectivity index (χ1) is 12.3. The maximum absolute atomic E-state index is 9.79. The van der Waals surface area contributed by atoms with Crippen LogP contribution in [0, 0.1) is 11.8 Å². The molecule has 3 heteroatoms. The zero-order valence-corrected chi connectivity index (χ0v) is 17.0. The third-order valence-corrected chi connectivity index (χ3v) is 4.67. The number of hydrogen-bond donors (Lipinski definition) is 1. The van der Waals surface area contributed by atoms with E-state index in [9.17, 15) is 5.11 Å². The van der Waals surface area contributed by atoms with E-state index in [1.165, 1.54) is 57.8 Å². The normalized spacial score (nSPS) is 11.6. The minimum atomic E-state index is -0.704. The van der Waals surface area contributed by atoms with Gasteiger partial charge in [-0.05, 0) is 25.0 Å². The van der Waals surface area contributed by atoms with Crippen molar-refractivity contribution in [3.63, 3.8) is 0 Å². The smallest absolute Gasteiger partial charge is 0.148 e. The molecule has 1 aromatic rings. The van der Waals surface area contributed by atoms with Crippen LogP contribution in [0.3, 0.4) is 0 Å². The summed E-state index contributed by atoms with van der Waals surface area (Å²) in [5.41, 5.74) is 0. The van der Waals surface area contributed by atoms with Gasteiger partial charge >= 0.3 is 0 Å². The summed E-state index contributed by atoms with van der Waals surface area (Å²) in [7, 11) is 0. The molecule has 25 heavy (non-hydrogen) atoms. The Hall–Kier alpha value is -0.980. The van der Waals surface area contributed by atoms with Gasteiger partial charge in [-0.2, -0.15) is 0 Å². The summed E-state index contributed by atoms with van der Waals surface area (Å²) in [4.78, 5) is 0. The summed E-state index contributed by atoms with van der Waals surface area (Å²) in [6, 6.07) is 9.53. The van der Waals surface area contributed by atoms with Crippen molar-refractivity contribution in [2.75, 3.05) is 11.9 Å². The molecular weight excluding hydrogens is 376 g/mol. The molecule has 0 radical (unpaired) electrons. The lowest BCUT2D eigenvalue weighted by Crippen LogP contribution is -2.15. The molecule has 0 saturated heterocycles. The zero-order valence-electron chi connectivity index (χ0n) is 15.4. The minimum absolute atomic E-state index is 0.229. The predicted octanol–water partition coefficient (Wildman–Crippen LogP) is 6.12. The van der Waals surface area contributed by atoms with Gasteiger partial charge in [-0.1, -0.05) is 91.4 Å². The maximum Gasteiger partial charge on any atom is 0.148 e.